The molecule has 2 amide bonds. The summed E-state index contributed by atoms with van der Waals surface area (Å²) in [5.41, 5.74) is 1.14. The van der Waals surface area contributed by atoms with Crippen molar-refractivity contribution in [1.29, 1.82) is 0 Å². The lowest BCUT2D eigenvalue weighted by Crippen LogP contribution is -2.63. The topological polar surface area (TPSA) is 67.2 Å². The molecule has 0 bridgehead atoms. The first-order valence-electron chi connectivity index (χ1n) is 6.46. The van der Waals surface area contributed by atoms with Crippen LogP contribution in [0.3, 0.4) is 0 Å². The minimum atomic E-state index is -0.694. The van der Waals surface area contributed by atoms with Crippen molar-refractivity contribution in [2.24, 2.45) is 7.05 Å². The third-order valence-corrected chi connectivity index (χ3v) is 3.47. The van der Waals surface area contributed by atoms with Crippen LogP contribution in [0.2, 0.25) is 0 Å². The standard InChI is InChI=1S/C13H20N4O2/c1-5-9-6-10(16(4)15-9)8-17-11(18)7-14-13(2,3)12(17)19/h6,14H,5,7-8H2,1-4H3. The summed E-state index contributed by atoms with van der Waals surface area (Å²) in [6.45, 7) is 6.07. The Morgan fingerprint density at radius 3 is 2.68 bits per heavy atom. The van der Waals surface area contributed by atoms with Crippen molar-refractivity contribution in [3.63, 3.8) is 0 Å². The maximum atomic E-state index is 12.3. The molecule has 2 rings (SSSR count). The van der Waals surface area contributed by atoms with Crippen LogP contribution in [0.5, 0.6) is 0 Å². The first kappa shape index (κ1) is 13.7. The van der Waals surface area contributed by atoms with E-state index in [4.69, 9.17) is 0 Å². The zero-order valence-electron chi connectivity index (χ0n) is 11.9. The number of nitrogens with zero attached hydrogens (tertiary/aromatic N) is 3. The van der Waals surface area contributed by atoms with Gasteiger partial charge >= 0.3 is 0 Å². The minimum Gasteiger partial charge on any atom is -0.295 e. The molecule has 1 aliphatic heterocycles. The van der Waals surface area contributed by atoms with Gasteiger partial charge < -0.3 is 0 Å². The number of hydrogen-bond acceptors (Lipinski definition) is 4. The maximum absolute atomic E-state index is 12.3. The number of carbonyl (C=O) groups is 2. The fraction of sp³-hybridized carbons (Fsp3) is 0.615. The Balaban J connectivity index is 2.23. The average molecular weight is 264 g/mol. The van der Waals surface area contributed by atoms with Crippen LogP contribution in [-0.2, 0) is 29.6 Å². The van der Waals surface area contributed by atoms with E-state index in [1.807, 2.05) is 20.0 Å². The van der Waals surface area contributed by atoms with Gasteiger partial charge in [-0.15, -0.1) is 0 Å². The molecule has 19 heavy (non-hydrogen) atoms. The van der Waals surface area contributed by atoms with Crippen LogP contribution in [0, 0.1) is 0 Å². The second kappa shape index (κ2) is 4.77. The molecule has 104 valence electrons. The Morgan fingerprint density at radius 2 is 2.11 bits per heavy atom. The number of hydrogen-bond donors (Lipinski definition) is 1. The Kier molecular flexibility index (Phi) is 3.45. The van der Waals surface area contributed by atoms with E-state index in [0.29, 0.717) is 0 Å². The van der Waals surface area contributed by atoms with Crippen molar-refractivity contribution in [3.05, 3.63) is 17.5 Å². The average Bonchev–Trinajstić information content (AvgIpc) is 2.71. The molecule has 1 N–H and O–H groups in total. The molecule has 1 aliphatic rings. The molecular weight excluding hydrogens is 244 g/mol. The molecule has 2 heterocycles. The normalized spacial score (nSPS) is 19.1. The van der Waals surface area contributed by atoms with Gasteiger partial charge in [0.05, 0.1) is 30.0 Å². The summed E-state index contributed by atoms with van der Waals surface area (Å²) in [5.74, 6) is -0.383. The zero-order chi connectivity index (χ0) is 14.2. The van der Waals surface area contributed by atoms with Gasteiger partial charge in [-0.05, 0) is 26.3 Å². The molecule has 1 aromatic heterocycles. The number of imide groups is 1. The van der Waals surface area contributed by atoms with E-state index in [1.165, 1.54) is 4.90 Å². The fourth-order valence-electron chi connectivity index (χ4n) is 2.13. The van der Waals surface area contributed by atoms with E-state index >= 15 is 0 Å². The van der Waals surface area contributed by atoms with E-state index in [1.54, 1.807) is 18.5 Å². The van der Waals surface area contributed by atoms with Gasteiger partial charge in [-0.3, -0.25) is 24.5 Å². The van der Waals surface area contributed by atoms with Crippen LogP contribution >= 0.6 is 0 Å². The van der Waals surface area contributed by atoms with Gasteiger partial charge in [0.2, 0.25) is 11.8 Å². The van der Waals surface area contributed by atoms with E-state index in [2.05, 4.69) is 10.4 Å². The Morgan fingerprint density at radius 1 is 1.42 bits per heavy atom. The maximum Gasteiger partial charge on any atom is 0.249 e. The molecule has 6 nitrogen and oxygen atoms in total. The van der Waals surface area contributed by atoms with Crippen molar-refractivity contribution in [1.82, 2.24) is 20.0 Å². The van der Waals surface area contributed by atoms with Crippen LogP contribution in [0.15, 0.2) is 6.07 Å². The van der Waals surface area contributed by atoms with Gasteiger partial charge in [-0.25, -0.2) is 0 Å². The van der Waals surface area contributed by atoms with Gasteiger partial charge in [0, 0.05) is 7.05 Å². The molecule has 0 aromatic carbocycles. The summed E-state index contributed by atoms with van der Waals surface area (Å²) in [6.07, 6.45) is 0.836. The molecular formula is C13H20N4O2. The van der Waals surface area contributed by atoms with Crippen LogP contribution in [0.1, 0.15) is 32.2 Å². The minimum absolute atomic E-state index is 0.191. The SMILES string of the molecule is CCc1cc(CN2C(=O)CNC(C)(C)C2=O)n(C)n1. The van der Waals surface area contributed by atoms with Crippen LogP contribution in [0.4, 0.5) is 0 Å². The summed E-state index contributed by atoms with van der Waals surface area (Å²) in [5, 5.41) is 7.27. The molecule has 0 aliphatic carbocycles. The molecule has 1 saturated heterocycles. The number of carbonyl (C=O) groups excluding carboxylic acids is 2. The summed E-state index contributed by atoms with van der Waals surface area (Å²) in [7, 11) is 1.83. The highest BCUT2D eigenvalue weighted by Crippen LogP contribution is 2.16. The third kappa shape index (κ3) is 2.53. The molecule has 0 atom stereocenters. The first-order chi connectivity index (χ1) is 8.85. The number of amides is 2. The number of aryl methyl sites for hydroxylation is 2. The molecule has 1 fully saturated rings. The first-order valence-corrected chi connectivity index (χ1v) is 6.46. The van der Waals surface area contributed by atoms with E-state index in [-0.39, 0.29) is 24.9 Å². The van der Waals surface area contributed by atoms with Crippen molar-refractivity contribution in [3.8, 4) is 0 Å². The predicted octanol–water partition coefficient (Wildman–Crippen LogP) is 0.219. The van der Waals surface area contributed by atoms with Crippen LogP contribution in [-0.4, -0.2) is 38.6 Å². The lowest BCUT2D eigenvalue weighted by Gasteiger charge is -2.36. The quantitative estimate of drug-likeness (QED) is 0.793. The van der Waals surface area contributed by atoms with Crippen molar-refractivity contribution < 1.29 is 9.59 Å². The molecule has 1 aromatic rings. The van der Waals surface area contributed by atoms with Crippen LogP contribution < -0.4 is 5.32 Å². The smallest absolute Gasteiger partial charge is 0.249 e. The van der Waals surface area contributed by atoms with Gasteiger partial charge in [0.1, 0.15) is 0 Å². The highest BCUT2D eigenvalue weighted by Gasteiger charge is 2.39. The second-order valence-electron chi connectivity index (χ2n) is 5.37. The van der Waals surface area contributed by atoms with E-state index in [9.17, 15) is 9.59 Å². The summed E-state index contributed by atoms with van der Waals surface area (Å²) in [4.78, 5) is 25.5. The number of piperazine rings is 1. The number of rotatable bonds is 3. The van der Waals surface area contributed by atoms with E-state index < -0.39 is 5.54 Å². The third-order valence-electron chi connectivity index (χ3n) is 3.47. The van der Waals surface area contributed by atoms with Gasteiger partial charge in [-0.1, -0.05) is 6.92 Å². The Hall–Kier alpha value is -1.69. The van der Waals surface area contributed by atoms with Crippen molar-refractivity contribution in [2.75, 3.05) is 6.54 Å². The molecule has 0 spiro atoms. The van der Waals surface area contributed by atoms with Crippen molar-refractivity contribution >= 4 is 11.8 Å². The van der Waals surface area contributed by atoms with E-state index in [0.717, 1.165) is 17.8 Å². The van der Waals surface area contributed by atoms with Crippen molar-refractivity contribution in [2.45, 2.75) is 39.3 Å². The highest BCUT2D eigenvalue weighted by molar-refractivity contribution is 6.02. The lowest BCUT2D eigenvalue weighted by molar-refractivity contribution is -0.153. The zero-order valence-corrected chi connectivity index (χ0v) is 11.9. The molecule has 0 unspecified atom stereocenters. The Bertz CT molecular complexity index is 519. The number of aromatic nitrogens is 2. The van der Waals surface area contributed by atoms with Gasteiger partial charge in [0.25, 0.3) is 0 Å². The summed E-state index contributed by atoms with van der Waals surface area (Å²) < 4.78 is 1.73. The monoisotopic (exact) mass is 264 g/mol. The molecule has 6 heteroatoms. The molecule has 0 radical (unpaired) electrons. The second-order valence-corrected chi connectivity index (χ2v) is 5.37. The van der Waals surface area contributed by atoms with Crippen LogP contribution in [0.25, 0.3) is 0 Å². The number of nitrogens with one attached hydrogen (secondary N) is 1. The van der Waals surface area contributed by atoms with Gasteiger partial charge in [0.15, 0.2) is 0 Å². The Labute approximate surface area is 112 Å². The fourth-order valence-corrected chi connectivity index (χ4v) is 2.13. The summed E-state index contributed by atoms with van der Waals surface area (Å²) >= 11 is 0. The van der Waals surface area contributed by atoms with Gasteiger partial charge in [-0.2, -0.15) is 5.10 Å². The highest BCUT2D eigenvalue weighted by atomic mass is 16.2. The lowest BCUT2D eigenvalue weighted by atomic mass is 10.0. The largest absolute Gasteiger partial charge is 0.295 e. The summed E-state index contributed by atoms with van der Waals surface area (Å²) in [6, 6.07) is 1.94. The predicted molar refractivity (Wildman–Crippen MR) is 70.2 cm³/mol. The molecule has 0 saturated carbocycles.